The number of esters is 1. The first-order chi connectivity index (χ1) is 17.8. The quantitative estimate of drug-likeness (QED) is 0.147. The van der Waals surface area contributed by atoms with Crippen LogP contribution < -0.4 is 4.31 Å². The average Bonchev–Trinajstić information content (AvgIpc) is 3.64. The fourth-order valence-corrected chi connectivity index (χ4v) is 5.47. The van der Waals surface area contributed by atoms with Crippen LogP contribution in [0.25, 0.3) is 22.3 Å². The molecule has 0 amide bonds. The van der Waals surface area contributed by atoms with Crippen LogP contribution in [0.2, 0.25) is 10.0 Å². The molecule has 0 radical (unpaired) electrons. The van der Waals surface area contributed by atoms with Gasteiger partial charge in [-0.15, -0.1) is 0 Å². The van der Waals surface area contributed by atoms with Crippen LogP contribution in [-0.4, -0.2) is 21.3 Å². The summed E-state index contributed by atoms with van der Waals surface area (Å²) in [5, 5.41) is 1.62. The predicted octanol–water partition coefficient (Wildman–Crippen LogP) is 8.02. The van der Waals surface area contributed by atoms with Gasteiger partial charge >= 0.3 is 5.97 Å². The van der Waals surface area contributed by atoms with Crippen LogP contribution in [0.4, 0.5) is 5.69 Å². The van der Waals surface area contributed by atoms with Gasteiger partial charge in [-0.25, -0.2) is 4.79 Å². The number of carbonyl (C=O) groups excluding carboxylic acids is 1. The standard InChI is InChI=1S/C27H22BrCl2NO5S/c1-2-35-27(32)25-20-12-19(16-4-5-16)23(13-24(20)36-26(25)17-6-8-18(29)9-7-17)31(37(33)34)14-15-3-10-21(28)22(30)11-15/h3,6-13,16H,2,4-5,14H2,1H3,(H,33,34)/p-1. The molecule has 3 aromatic carbocycles. The van der Waals surface area contributed by atoms with Crippen molar-refractivity contribution in [3.8, 4) is 11.3 Å². The van der Waals surface area contributed by atoms with Crippen molar-refractivity contribution in [2.75, 3.05) is 10.9 Å². The zero-order valence-electron chi connectivity index (χ0n) is 19.6. The number of halogens is 3. The molecule has 192 valence electrons. The molecule has 10 heteroatoms. The summed E-state index contributed by atoms with van der Waals surface area (Å²) in [5.74, 6) is 0.0239. The van der Waals surface area contributed by atoms with Crippen LogP contribution >= 0.6 is 39.1 Å². The second-order valence-corrected chi connectivity index (χ2v) is 11.3. The number of hydrogen-bond acceptors (Lipinski definition) is 5. The summed E-state index contributed by atoms with van der Waals surface area (Å²) in [6, 6.07) is 15.8. The van der Waals surface area contributed by atoms with Crippen LogP contribution in [0.1, 0.15) is 47.2 Å². The van der Waals surface area contributed by atoms with E-state index in [-0.39, 0.29) is 19.1 Å². The number of ether oxygens (including phenoxy) is 1. The third-order valence-corrected chi connectivity index (χ3v) is 8.37. The van der Waals surface area contributed by atoms with E-state index in [9.17, 15) is 13.6 Å². The number of hydrogen-bond donors (Lipinski definition) is 0. The van der Waals surface area contributed by atoms with Crippen molar-refractivity contribution in [1.29, 1.82) is 0 Å². The Kier molecular flexibility index (Phi) is 7.65. The van der Waals surface area contributed by atoms with Crippen molar-refractivity contribution in [3.05, 3.63) is 85.8 Å². The summed E-state index contributed by atoms with van der Waals surface area (Å²) in [5.41, 5.74) is 3.43. The Hall–Kier alpha value is -2.36. The molecule has 0 N–H and O–H groups in total. The van der Waals surface area contributed by atoms with E-state index in [2.05, 4.69) is 15.9 Å². The third kappa shape index (κ3) is 5.45. The van der Waals surface area contributed by atoms with Crippen LogP contribution in [0.5, 0.6) is 0 Å². The summed E-state index contributed by atoms with van der Waals surface area (Å²) >= 11 is 13.1. The van der Waals surface area contributed by atoms with Crippen molar-refractivity contribution in [2.24, 2.45) is 0 Å². The predicted molar refractivity (Wildman–Crippen MR) is 149 cm³/mol. The van der Waals surface area contributed by atoms with E-state index in [0.29, 0.717) is 43.6 Å². The van der Waals surface area contributed by atoms with Crippen LogP contribution in [0, 0.1) is 0 Å². The van der Waals surface area contributed by atoms with E-state index in [1.54, 1.807) is 49.4 Å². The number of nitrogens with zero attached hydrogens (tertiary/aromatic N) is 1. The molecule has 5 rings (SSSR count). The van der Waals surface area contributed by atoms with Crippen LogP contribution in [-0.2, 0) is 22.5 Å². The van der Waals surface area contributed by atoms with Gasteiger partial charge in [0.1, 0.15) is 16.9 Å². The molecule has 0 aliphatic heterocycles. The fraction of sp³-hybridized carbons (Fsp3) is 0.222. The Balaban J connectivity index is 1.68. The maximum Gasteiger partial charge on any atom is 0.342 e. The maximum atomic E-state index is 13.1. The Morgan fingerprint density at radius 2 is 1.89 bits per heavy atom. The minimum atomic E-state index is -2.58. The number of rotatable bonds is 8. The lowest BCUT2D eigenvalue weighted by atomic mass is 10.0. The zero-order valence-corrected chi connectivity index (χ0v) is 23.5. The lowest BCUT2D eigenvalue weighted by molar-refractivity contribution is 0.0528. The zero-order chi connectivity index (χ0) is 26.3. The van der Waals surface area contributed by atoms with Gasteiger partial charge in [0.05, 0.1) is 23.9 Å². The molecular formula is C27H21BrCl2NO5S-. The largest absolute Gasteiger partial charge is 0.755 e. The second kappa shape index (κ2) is 10.8. The molecule has 1 fully saturated rings. The molecule has 0 bridgehead atoms. The van der Waals surface area contributed by atoms with Gasteiger partial charge in [0, 0.05) is 37.8 Å². The molecule has 1 saturated carbocycles. The molecular weight excluding hydrogens is 601 g/mol. The fourth-order valence-electron chi connectivity index (χ4n) is 4.32. The Bertz CT molecular complexity index is 1520. The van der Waals surface area contributed by atoms with Crippen molar-refractivity contribution < 1.29 is 22.7 Å². The minimum absolute atomic E-state index is 0.0871. The van der Waals surface area contributed by atoms with Gasteiger partial charge in [-0.05, 0) is 95.2 Å². The van der Waals surface area contributed by atoms with Crippen molar-refractivity contribution >= 4 is 73.0 Å². The summed E-state index contributed by atoms with van der Waals surface area (Å²) in [6.45, 7) is 2.04. The number of furan rings is 1. The molecule has 6 nitrogen and oxygen atoms in total. The Morgan fingerprint density at radius 3 is 2.51 bits per heavy atom. The first-order valence-corrected chi connectivity index (χ1v) is 14.2. The monoisotopic (exact) mass is 620 g/mol. The van der Waals surface area contributed by atoms with Gasteiger partial charge in [0.25, 0.3) is 0 Å². The lowest BCUT2D eigenvalue weighted by Gasteiger charge is -2.29. The van der Waals surface area contributed by atoms with Gasteiger partial charge in [-0.2, -0.15) is 0 Å². The first-order valence-electron chi connectivity index (χ1n) is 11.6. The number of fused-ring (bicyclic) bond motifs is 1. The summed E-state index contributed by atoms with van der Waals surface area (Å²) in [6.07, 6.45) is 1.86. The van der Waals surface area contributed by atoms with Gasteiger partial charge in [0.2, 0.25) is 0 Å². The molecule has 1 unspecified atom stereocenters. The van der Waals surface area contributed by atoms with E-state index in [1.165, 1.54) is 4.31 Å². The molecule has 4 aromatic rings. The highest BCUT2D eigenvalue weighted by molar-refractivity contribution is 9.10. The van der Waals surface area contributed by atoms with Crippen LogP contribution in [0.15, 0.2) is 63.5 Å². The summed E-state index contributed by atoms with van der Waals surface area (Å²) in [7, 11) is 0. The number of benzene rings is 3. The molecule has 1 aliphatic rings. The van der Waals surface area contributed by atoms with Crippen molar-refractivity contribution in [1.82, 2.24) is 0 Å². The number of anilines is 1. The topological polar surface area (TPSA) is 82.8 Å². The Morgan fingerprint density at radius 1 is 1.16 bits per heavy atom. The number of carbonyl (C=O) groups is 1. The first kappa shape index (κ1) is 26.3. The minimum Gasteiger partial charge on any atom is -0.755 e. The molecule has 1 aliphatic carbocycles. The highest BCUT2D eigenvalue weighted by atomic mass is 79.9. The normalized spacial score (nSPS) is 14.1. The smallest absolute Gasteiger partial charge is 0.342 e. The van der Waals surface area contributed by atoms with Crippen molar-refractivity contribution in [2.45, 2.75) is 32.2 Å². The molecule has 0 spiro atoms. The molecule has 1 aromatic heterocycles. The molecule has 37 heavy (non-hydrogen) atoms. The maximum absolute atomic E-state index is 13.1. The van der Waals surface area contributed by atoms with Crippen molar-refractivity contribution in [3.63, 3.8) is 0 Å². The van der Waals surface area contributed by atoms with Gasteiger partial charge < -0.3 is 13.7 Å². The van der Waals surface area contributed by atoms with E-state index in [1.807, 2.05) is 12.1 Å². The Labute approximate surface area is 235 Å². The van der Waals surface area contributed by atoms with E-state index in [4.69, 9.17) is 32.4 Å². The summed E-state index contributed by atoms with van der Waals surface area (Å²) in [4.78, 5) is 13.1. The molecule has 1 atom stereocenters. The van der Waals surface area contributed by atoms with Gasteiger partial charge in [0.15, 0.2) is 0 Å². The lowest BCUT2D eigenvalue weighted by Crippen LogP contribution is -2.26. The summed E-state index contributed by atoms with van der Waals surface area (Å²) < 4.78 is 38.5. The second-order valence-electron chi connectivity index (χ2n) is 8.72. The van der Waals surface area contributed by atoms with Gasteiger partial charge in [-0.3, -0.25) is 8.51 Å². The SMILES string of the molecule is CCOC(=O)c1c(-c2ccc(Cl)cc2)oc2cc(N(Cc3ccc(Br)c(Cl)c3)S(=O)[O-])c(C3CC3)cc12. The van der Waals surface area contributed by atoms with E-state index in [0.717, 1.165) is 28.4 Å². The highest BCUT2D eigenvalue weighted by Gasteiger charge is 2.32. The third-order valence-electron chi connectivity index (χ3n) is 6.20. The van der Waals surface area contributed by atoms with E-state index >= 15 is 0 Å². The highest BCUT2D eigenvalue weighted by Crippen LogP contribution is 2.48. The molecule has 0 saturated heterocycles. The van der Waals surface area contributed by atoms with Gasteiger partial charge in [-0.1, -0.05) is 29.3 Å². The van der Waals surface area contributed by atoms with Crippen LogP contribution in [0.3, 0.4) is 0 Å². The average molecular weight is 622 g/mol. The van der Waals surface area contributed by atoms with E-state index < -0.39 is 17.2 Å². The molecule has 1 heterocycles.